The molecule has 9 nitrogen and oxygen atoms in total. The van der Waals surface area contributed by atoms with Crippen molar-refractivity contribution in [3.63, 3.8) is 0 Å². The Labute approximate surface area is 242 Å². The number of anilines is 1. The van der Waals surface area contributed by atoms with Crippen LogP contribution in [-0.2, 0) is 9.53 Å². The molecule has 0 aliphatic rings. The van der Waals surface area contributed by atoms with Crippen LogP contribution in [0.3, 0.4) is 0 Å². The van der Waals surface area contributed by atoms with Crippen molar-refractivity contribution in [2.24, 2.45) is 0 Å². The molecule has 11 heteroatoms. The molecule has 0 fully saturated rings. The van der Waals surface area contributed by atoms with Crippen molar-refractivity contribution in [3.8, 4) is 16.1 Å². The molecule has 0 bridgehead atoms. The Morgan fingerprint density at radius 3 is 2.41 bits per heavy atom. The predicted molar refractivity (Wildman–Crippen MR) is 161 cm³/mol. The van der Waals surface area contributed by atoms with E-state index in [0.717, 1.165) is 10.4 Å². The van der Waals surface area contributed by atoms with Crippen LogP contribution in [0.1, 0.15) is 17.3 Å². The Morgan fingerprint density at radius 1 is 0.951 bits per heavy atom. The number of nitrogens with zero attached hydrogens (tertiary/aromatic N) is 4. The minimum atomic E-state index is -0.498. The molecule has 1 amide bonds. The van der Waals surface area contributed by atoms with E-state index in [2.05, 4.69) is 15.5 Å². The van der Waals surface area contributed by atoms with Gasteiger partial charge in [-0.05, 0) is 42.8 Å². The normalized spacial score (nSPS) is 11.1. The van der Waals surface area contributed by atoms with Gasteiger partial charge in [0.2, 0.25) is 11.7 Å². The minimum Gasteiger partial charge on any atom is -0.462 e. The number of ether oxygens (including phenoxy) is 1. The van der Waals surface area contributed by atoms with E-state index >= 15 is 0 Å². The largest absolute Gasteiger partial charge is 0.462 e. The molecule has 3 aromatic heterocycles. The average Bonchev–Trinajstić information content (AvgIpc) is 3.62. The van der Waals surface area contributed by atoms with Gasteiger partial charge in [-0.2, -0.15) is 0 Å². The number of thioether (sulfide) groups is 1. The van der Waals surface area contributed by atoms with E-state index in [4.69, 9.17) is 4.74 Å². The van der Waals surface area contributed by atoms with Crippen LogP contribution in [0.25, 0.3) is 32.8 Å². The van der Waals surface area contributed by atoms with Crippen molar-refractivity contribution in [1.29, 1.82) is 0 Å². The average molecular weight is 582 g/mol. The van der Waals surface area contributed by atoms with Gasteiger partial charge in [-0.25, -0.2) is 9.36 Å². The van der Waals surface area contributed by atoms with Crippen LogP contribution in [0.2, 0.25) is 0 Å². The summed E-state index contributed by atoms with van der Waals surface area (Å²) in [7, 11) is 0. The van der Waals surface area contributed by atoms with Gasteiger partial charge < -0.3 is 10.1 Å². The third kappa shape index (κ3) is 5.12. The molecule has 204 valence electrons. The molecule has 41 heavy (non-hydrogen) atoms. The predicted octanol–water partition coefficient (Wildman–Crippen LogP) is 5.67. The second kappa shape index (κ2) is 11.4. The first-order valence-electron chi connectivity index (χ1n) is 12.8. The van der Waals surface area contributed by atoms with E-state index in [1.807, 2.05) is 72.8 Å². The summed E-state index contributed by atoms with van der Waals surface area (Å²) in [6, 6.07) is 27.8. The lowest BCUT2D eigenvalue weighted by atomic mass is 10.1. The van der Waals surface area contributed by atoms with Gasteiger partial charge in [-0.3, -0.25) is 14.0 Å². The molecule has 0 spiro atoms. The molecule has 6 aromatic rings. The summed E-state index contributed by atoms with van der Waals surface area (Å²) in [5.41, 5.74) is 2.33. The molecule has 0 saturated carbocycles. The lowest BCUT2D eigenvalue weighted by Crippen LogP contribution is -2.22. The molecule has 0 unspecified atom stereocenters. The van der Waals surface area contributed by atoms with Gasteiger partial charge in [0.15, 0.2) is 5.16 Å². The van der Waals surface area contributed by atoms with Gasteiger partial charge in [0, 0.05) is 4.88 Å². The Bertz CT molecular complexity index is 1950. The van der Waals surface area contributed by atoms with Gasteiger partial charge in [0.25, 0.3) is 5.56 Å². The number of esters is 1. The van der Waals surface area contributed by atoms with Crippen LogP contribution in [-0.4, -0.2) is 43.4 Å². The number of para-hydroxylation sites is 2. The number of nitrogens with one attached hydrogen (secondary N) is 1. The zero-order valence-corrected chi connectivity index (χ0v) is 23.4. The molecule has 0 atom stereocenters. The second-order valence-corrected chi connectivity index (χ2v) is 10.9. The number of hydrogen-bond donors (Lipinski definition) is 1. The Morgan fingerprint density at radius 2 is 1.66 bits per heavy atom. The van der Waals surface area contributed by atoms with E-state index in [9.17, 15) is 14.4 Å². The van der Waals surface area contributed by atoms with Crippen molar-refractivity contribution < 1.29 is 14.3 Å². The molecule has 3 aromatic carbocycles. The van der Waals surface area contributed by atoms with Crippen LogP contribution >= 0.6 is 23.1 Å². The maximum absolute atomic E-state index is 13.4. The quantitative estimate of drug-likeness (QED) is 0.182. The second-order valence-electron chi connectivity index (χ2n) is 8.89. The molecular weight excluding hydrogens is 558 g/mol. The first kappa shape index (κ1) is 26.5. The zero-order chi connectivity index (χ0) is 28.3. The number of hydrogen-bond acceptors (Lipinski definition) is 8. The summed E-state index contributed by atoms with van der Waals surface area (Å²) < 4.78 is 8.52. The number of rotatable bonds is 8. The first-order valence-corrected chi connectivity index (χ1v) is 14.6. The molecular formula is C30H23N5O4S2. The van der Waals surface area contributed by atoms with Crippen molar-refractivity contribution in [2.45, 2.75) is 12.1 Å². The smallest absolute Gasteiger partial charge is 0.341 e. The van der Waals surface area contributed by atoms with Gasteiger partial charge in [-0.1, -0.05) is 72.4 Å². The SMILES string of the molecule is CCOC(=O)c1cc(-c2ccccc2)sc1NC(=O)CSc1nnc2n(-c3ccccc3)c(=O)c3ccccc3n12. The number of fused-ring (bicyclic) bond motifs is 3. The summed E-state index contributed by atoms with van der Waals surface area (Å²) >= 11 is 2.50. The van der Waals surface area contributed by atoms with Crippen LogP contribution in [0.5, 0.6) is 0 Å². The van der Waals surface area contributed by atoms with E-state index in [1.54, 1.807) is 29.5 Å². The van der Waals surface area contributed by atoms with Crippen molar-refractivity contribution in [2.75, 3.05) is 17.7 Å². The molecule has 6 rings (SSSR count). The maximum Gasteiger partial charge on any atom is 0.341 e. The van der Waals surface area contributed by atoms with Gasteiger partial charge in [0.05, 0.1) is 34.5 Å². The first-order chi connectivity index (χ1) is 20.0. The maximum atomic E-state index is 13.4. The summed E-state index contributed by atoms with van der Waals surface area (Å²) in [6.07, 6.45) is 0. The number of amides is 1. The number of aromatic nitrogens is 4. The number of carbonyl (C=O) groups excluding carboxylic acids is 2. The zero-order valence-electron chi connectivity index (χ0n) is 21.8. The van der Waals surface area contributed by atoms with E-state index in [-0.39, 0.29) is 23.8 Å². The Hall–Kier alpha value is -4.74. The van der Waals surface area contributed by atoms with E-state index in [0.29, 0.717) is 38.1 Å². The minimum absolute atomic E-state index is 0.000416. The van der Waals surface area contributed by atoms with Crippen LogP contribution in [0.4, 0.5) is 5.00 Å². The molecule has 0 radical (unpaired) electrons. The number of carbonyl (C=O) groups is 2. The van der Waals surface area contributed by atoms with Crippen molar-refractivity contribution >= 4 is 56.7 Å². The Balaban J connectivity index is 1.31. The molecule has 0 saturated heterocycles. The summed E-state index contributed by atoms with van der Waals surface area (Å²) in [5, 5.41) is 12.9. The van der Waals surface area contributed by atoms with Gasteiger partial charge in [0.1, 0.15) is 5.00 Å². The van der Waals surface area contributed by atoms with Crippen molar-refractivity contribution in [3.05, 3.63) is 107 Å². The van der Waals surface area contributed by atoms with Crippen molar-refractivity contribution in [1.82, 2.24) is 19.2 Å². The fraction of sp³-hybridized carbons (Fsp3) is 0.100. The van der Waals surface area contributed by atoms with E-state index in [1.165, 1.54) is 27.7 Å². The number of benzene rings is 3. The highest BCUT2D eigenvalue weighted by molar-refractivity contribution is 7.99. The molecule has 3 heterocycles. The highest BCUT2D eigenvalue weighted by Crippen LogP contribution is 2.36. The van der Waals surface area contributed by atoms with Crippen LogP contribution < -0.4 is 10.9 Å². The summed E-state index contributed by atoms with van der Waals surface area (Å²) in [5.74, 6) is -0.472. The van der Waals surface area contributed by atoms with E-state index < -0.39 is 5.97 Å². The van der Waals surface area contributed by atoms with Crippen LogP contribution in [0.15, 0.2) is 101 Å². The number of thiophene rings is 1. The highest BCUT2D eigenvalue weighted by atomic mass is 32.2. The molecule has 0 aliphatic carbocycles. The van der Waals surface area contributed by atoms with Crippen LogP contribution in [0, 0.1) is 0 Å². The van der Waals surface area contributed by atoms with Gasteiger partial charge in [-0.15, -0.1) is 21.5 Å². The third-order valence-electron chi connectivity index (χ3n) is 6.28. The third-order valence-corrected chi connectivity index (χ3v) is 8.31. The monoisotopic (exact) mass is 581 g/mol. The molecule has 1 N–H and O–H groups in total. The summed E-state index contributed by atoms with van der Waals surface area (Å²) in [4.78, 5) is 40.1. The highest BCUT2D eigenvalue weighted by Gasteiger charge is 2.22. The fourth-order valence-corrected chi connectivity index (χ4v) is 6.27. The lowest BCUT2D eigenvalue weighted by molar-refractivity contribution is -0.113. The lowest BCUT2D eigenvalue weighted by Gasteiger charge is -2.11. The Kier molecular flexibility index (Phi) is 7.36. The summed E-state index contributed by atoms with van der Waals surface area (Å²) in [6.45, 7) is 1.96. The topological polar surface area (TPSA) is 108 Å². The van der Waals surface area contributed by atoms with Gasteiger partial charge >= 0.3 is 5.97 Å². The fourth-order valence-electron chi connectivity index (χ4n) is 4.46. The molecule has 0 aliphatic heterocycles. The standard InChI is InChI=1S/C30H23N5O4S2/c1-2-39-28(38)22-17-24(19-11-5-3-6-12-19)41-26(22)31-25(36)18-40-30-33-32-29-34(20-13-7-4-8-14-20)27(37)21-15-9-10-16-23(21)35(29)30/h3-17H,2,18H2,1H3,(H,31,36).